The Labute approximate surface area is 141 Å². The number of morpholine rings is 1. The van der Waals surface area contributed by atoms with Crippen LogP contribution in [0.1, 0.15) is 5.56 Å². The van der Waals surface area contributed by atoms with Gasteiger partial charge < -0.3 is 19.7 Å². The van der Waals surface area contributed by atoms with Crippen LogP contribution in [-0.4, -0.2) is 74.4 Å². The Morgan fingerprint density at radius 2 is 2.17 bits per heavy atom. The topological polar surface area (TPSA) is 77.8 Å². The summed E-state index contributed by atoms with van der Waals surface area (Å²) in [4.78, 5) is 16.5. The Bertz CT molecular complexity index is 599. The highest BCUT2D eigenvalue weighted by Crippen LogP contribution is 2.14. The fraction of sp³-hybridized carbons (Fsp3) is 0.529. The van der Waals surface area contributed by atoms with Gasteiger partial charge in [0.05, 0.1) is 37.4 Å². The average molecular weight is 330 g/mol. The molecule has 0 spiro atoms. The van der Waals surface area contributed by atoms with Crippen LogP contribution in [0.25, 0.3) is 0 Å². The zero-order valence-corrected chi connectivity index (χ0v) is 13.6. The van der Waals surface area contributed by atoms with Gasteiger partial charge in [-0.25, -0.2) is 4.79 Å². The van der Waals surface area contributed by atoms with E-state index in [1.54, 1.807) is 24.3 Å². The molecule has 0 aromatic heterocycles. The lowest BCUT2D eigenvalue weighted by molar-refractivity contribution is -0.0365. The van der Waals surface area contributed by atoms with E-state index in [0.29, 0.717) is 43.7 Å². The molecule has 0 saturated carbocycles. The quantitative estimate of drug-likeness (QED) is 0.821. The van der Waals surface area contributed by atoms with Gasteiger partial charge in [0.2, 0.25) is 0 Å². The molecule has 0 aliphatic carbocycles. The first kappa shape index (κ1) is 16.6. The minimum absolute atomic E-state index is 0.0522. The summed E-state index contributed by atoms with van der Waals surface area (Å²) in [7, 11) is 0. The molecule has 0 radical (unpaired) electrons. The van der Waals surface area contributed by atoms with E-state index in [1.807, 2.05) is 4.90 Å². The van der Waals surface area contributed by atoms with Crippen LogP contribution in [-0.2, 0) is 4.74 Å². The van der Waals surface area contributed by atoms with E-state index < -0.39 is 0 Å². The lowest BCUT2D eigenvalue weighted by Gasteiger charge is -2.43. The van der Waals surface area contributed by atoms with E-state index in [1.165, 1.54) is 0 Å². The number of fused-ring (bicyclic) bond motifs is 1. The fourth-order valence-electron chi connectivity index (χ4n) is 3.00. The Balaban J connectivity index is 1.37. The normalized spacial score (nSPS) is 20.8. The van der Waals surface area contributed by atoms with E-state index >= 15 is 0 Å². The highest BCUT2D eigenvalue weighted by molar-refractivity contribution is 5.74. The van der Waals surface area contributed by atoms with Crippen molar-refractivity contribution < 1.29 is 14.3 Å². The highest BCUT2D eigenvalue weighted by Gasteiger charge is 2.31. The number of piperazine rings is 1. The molecule has 2 heterocycles. The summed E-state index contributed by atoms with van der Waals surface area (Å²) in [5, 5.41) is 11.6. The molecule has 7 nitrogen and oxygen atoms in total. The van der Waals surface area contributed by atoms with E-state index in [9.17, 15) is 4.79 Å². The third kappa shape index (κ3) is 4.16. The van der Waals surface area contributed by atoms with Crippen molar-refractivity contribution in [3.8, 4) is 11.8 Å². The van der Waals surface area contributed by atoms with E-state index in [4.69, 9.17) is 14.7 Å². The Kier molecular flexibility index (Phi) is 5.51. The lowest BCUT2D eigenvalue weighted by Crippen LogP contribution is -2.60. The van der Waals surface area contributed by atoms with Crippen LogP contribution >= 0.6 is 0 Å². The Morgan fingerprint density at radius 1 is 1.33 bits per heavy atom. The third-order valence-electron chi connectivity index (χ3n) is 4.36. The second-order valence-electron chi connectivity index (χ2n) is 5.93. The molecule has 128 valence electrons. The second kappa shape index (κ2) is 7.99. The molecule has 2 saturated heterocycles. The molecule has 2 aliphatic rings. The Hall–Kier alpha value is -2.30. The van der Waals surface area contributed by atoms with Crippen LogP contribution in [0, 0.1) is 11.3 Å². The van der Waals surface area contributed by atoms with E-state index in [-0.39, 0.29) is 6.03 Å². The predicted octanol–water partition coefficient (Wildman–Crippen LogP) is 0.663. The molecule has 2 fully saturated rings. The molecule has 1 aromatic rings. The summed E-state index contributed by atoms with van der Waals surface area (Å²) in [6.45, 7) is 5.65. The van der Waals surface area contributed by atoms with Crippen molar-refractivity contribution >= 4 is 6.03 Å². The first-order chi connectivity index (χ1) is 11.8. The van der Waals surface area contributed by atoms with Crippen molar-refractivity contribution in [2.24, 2.45) is 0 Å². The van der Waals surface area contributed by atoms with Gasteiger partial charge in [0.15, 0.2) is 0 Å². The zero-order chi connectivity index (χ0) is 16.8. The summed E-state index contributed by atoms with van der Waals surface area (Å²) in [5.41, 5.74) is 0.599. The summed E-state index contributed by atoms with van der Waals surface area (Å²) >= 11 is 0. The lowest BCUT2D eigenvalue weighted by atomic mass is 10.1. The van der Waals surface area contributed by atoms with E-state index in [0.717, 1.165) is 26.2 Å². The monoisotopic (exact) mass is 330 g/mol. The molecule has 1 aromatic carbocycles. The maximum atomic E-state index is 12.2. The van der Waals surface area contributed by atoms with Crippen molar-refractivity contribution in [3.05, 3.63) is 29.8 Å². The molecule has 3 rings (SSSR count). The summed E-state index contributed by atoms with van der Waals surface area (Å²) < 4.78 is 11.0. The largest absolute Gasteiger partial charge is 0.492 e. The number of benzene rings is 1. The van der Waals surface area contributed by atoms with Gasteiger partial charge in [-0.3, -0.25) is 4.90 Å². The Morgan fingerprint density at radius 3 is 2.96 bits per heavy atom. The van der Waals surface area contributed by atoms with Crippen molar-refractivity contribution in [1.29, 1.82) is 5.26 Å². The van der Waals surface area contributed by atoms with Crippen molar-refractivity contribution in [2.75, 3.05) is 52.5 Å². The van der Waals surface area contributed by atoms with Crippen LogP contribution in [0.4, 0.5) is 4.79 Å². The van der Waals surface area contributed by atoms with Gasteiger partial charge in [-0.1, -0.05) is 0 Å². The first-order valence-electron chi connectivity index (χ1n) is 8.24. The van der Waals surface area contributed by atoms with Crippen molar-refractivity contribution in [3.63, 3.8) is 0 Å². The maximum Gasteiger partial charge on any atom is 0.317 e. The molecular weight excluding hydrogens is 308 g/mol. The third-order valence-corrected chi connectivity index (χ3v) is 4.36. The van der Waals surface area contributed by atoms with Crippen LogP contribution < -0.4 is 10.1 Å². The molecule has 24 heavy (non-hydrogen) atoms. The molecule has 1 atom stereocenters. The van der Waals surface area contributed by atoms with Crippen LogP contribution in [0.3, 0.4) is 0 Å². The number of amides is 2. The highest BCUT2D eigenvalue weighted by atomic mass is 16.5. The van der Waals surface area contributed by atoms with Gasteiger partial charge in [0, 0.05) is 26.2 Å². The van der Waals surface area contributed by atoms with Gasteiger partial charge in [0.25, 0.3) is 0 Å². The van der Waals surface area contributed by atoms with E-state index in [2.05, 4.69) is 16.3 Å². The first-order valence-corrected chi connectivity index (χ1v) is 8.24. The number of hydrogen-bond acceptors (Lipinski definition) is 5. The maximum absolute atomic E-state index is 12.2. The van der Waals surface area contributed by atoms with Crippen LogP contribution in [0.15, 0.2) is 24.3 Å². The average Bonchev–Trinajstić information content (AvgIpc) is 2.65. The SMILES string of the molecule is N#Cc1ccc(OCCNC(=O)N2CCN3CCOC[C@@H]3C2)cc1. The molecule has 7 heteroatoms. The minimum Gasteiger partial charge on any atom is -0.492 e. The number of hydrogen-bond donors (Lipinski definition) is 1. The van der Waals surface area contributed by atoms with Crippen molar-refractivity contribution in [1.82, 2.24) is 15.1 Å². The number of rotatable bonds is 4. The fourth-order valence-corrected chi connectivity index (χ4v) is 3.00. The number of nitrogens with one attached hydrogen (secondary N) is 1. The predicted molar refractivity (Wildman–Crippen MR) is 87.8 cm³/mol. The number of carbonyl (C=O) groups excluding carboxylic acids is 1. The molecule has 2 amide bonds. The van der Waals surface area contributed by atoms with Crippen molar-refractivity contribution in [2.45, 2.75) is 6.04 Å². The van der Waals surface area contributed by atoms with Crippen LogP contribution in [0.5, 0.6) is 5.75 Å². The van der Waals surface area contributed by atoms with Gasteiger partial charge in [-0.15, -0.1) is 0 Å². The molecule has 1 N–H and O–H groups in total. The molecular formula is C17H22N4O3. The van der Waals surface area contributed by atoms with Gasteiger partial charge in [-0.2, -0.15) is 5.26 Å². The molecule has 2 aliphatic heterocycles. The number of urea groups is 1. The summed E-state index contributed by atoms with van der Waals surface area (Å²) in [6.07, 6.45) is 0. The summed E-state index contributed by atoms with van der Waals surface area (Å²) in [5.74, 6) is 0.691. The summed E-state index contributed by atoms with van der Waals surface area (Å²) in [6, 6.07) is 9.24. The van der Waals surface area contributed by atoms with Gasteiger partial charge >= 0.3 is 6.03 Å². The number of nitriles is 1. The standard InChI is InChI=1S/C17H22N4O3/c18-11-14-1-3-16(4-2-14)24-9-5-19-17(22)21-7-6-20-8-10-23-13-15(20)12-21/h1-4,15H,5-10,12-13H2,(H,19,22)/t15-/m0/s1. The molecule has 0 bridgehead atoms. The van der Waals surface area contributed by atoms with Gasteiger partial charge in [-0.05, 0) is 24.3 Å². The van der Waals surface area contributed by atoms with Crippen LogP contribution in [0.2, 0.25) is 0 Å². The number of ether oxygens (including phenoxy) is 2. The zero-order valence-electron chi connectivity index (χ0n) is 13.6. The number of nitrogens with zero attached hydrogens (tertiary/aromatic N) is 3. The minimum atomic E-state index is -0.0522. The smallest absolute Gasteiger partial charge is 0.317 e. The number of carbonyl (C=O) groups is 1. The van der Waals surface area contributed by atoms with Gasteiger partial charge in [0.1, 0.15) is 12.4 Å². The second-order valence-corrected chi connectivity index (χ2v) is 5.93. The molecule has 0 unspecified atom stereocenters.